The second-order valence-corrected chi connectivity index (χ2v) is 8.35. The largest absolute Gasteiger partial charge is 0.312 e. The van der Waals surface area contributed by atoms with Crippen LogP contribution in [0, 0.1) is 5.82 Å². The standard InChI is InChI=1S/C14H18BrFN2O2S/c15-11-6-5-10(9-12(11)16)21(19,20)18-8-2-4-14(18)13-3-1-7-17-13/h5-6,9,13-14,17H,1-4,7-8H2. The number of nitrogens with zero attached hydrogens (tertiary/aromatic N) is 1. The van der Waals surface area contributed by atoms with Crippen molar-refractivity contribution in [1.29, 1.82) is 0 Å². The van der Waals surface area contributed by atoms with Crippen molar-refractivity contribution >= 4 is 26.0 Å². The van der Waals surface area contributed by atoms with Crippen LogP contribution < -0.4 is 5.32 Å². The van der Waals surface area contributed by atoms with Gasteiger partial charge in [0.25, 0.3) is 0 Å². The number of hydrogen-bond donors (Lipinski definition) is 1. The van der Waals surface area contributed by atoms with Crippen molar-refractivity contribution in [2.45, 2.75) is 42.7 Å². The molecule has 1 N–H and O–H groups in total. The summed E-state index contributed by atoms with van der Waals surface area (Å²) in [5.74, 6) is -0.550. The Kier molecular flexibility index (Phi) is 4.36. The molecule has 1 aromatic rings. The third-order valence-electron chi connectivity index (χ3n) is 4.31. The molecular weight excluding hydrogens is 359 g/mol. The van der Waals surface area contributed by atoms with Crippen LogP contribution in [0.2, 0.25) is 0 Å². The molecule has 21 heavy (non-hydrogen) atoms. The molecule has 2 aliphatic heterocycles. The van der Waals surface area contributed by atoms with Crippen LogP contribution in [0.4, 0.5) is 4.39 Å². The summed E-state index contributed by atoms with van der Waals surface area (Å²) in [6.45, 7) is 1.46. The highest BCUT2D eigenvalue weighted by atomic mass is 79.9. The predicted molar refractivity (Wildman–Crippen MR) is 82.0 cm³/mol. The van der Waals surface area contributed by atoms with E-state index in [4.69, 9.17) is 0 Å². The van der Waals surface area contributed by atoms with Crippen LogP contribution in [-0.4, -0.2) is 37.9 Å². The van der Waals surface area contributed by atoms with Crippen molar-refractivity contribution in [3.05, 3.63) is 28.5 Å². The minimum atomic E-state index is -3.63. The fraction of sp³-hybridized carbons (Fsp3) is 0.571. The van der Waals surface area contributed by atoms with Crippen molar-refractivity contribution in [3.8, 4) is 0 Å². The summed E-state index contributed by atoms with van der Waals surface area (Å²) in [6.07, 6.45) is 3.82. The van der Waals surface area contributed by atoms with E-state index in [1.807, 2.05) is 0 Å². The van der Waals surface area contributed by atoms with E-state index in [1.54, 1.807) is 4.31 Å². The highest BCUT2D eigenvalue weighted by molar-refractivity contribution is 9.10. The van der Waals surface area contributed by atoms with E-state index in [2.05, 4.69) is 21.2 Å². The van der Waals surface area contributed by atoms with Gasteiger partial charge in [0.15, 0.2) is 0 Å². The summed E-state index contributed by atoms with van der Waals surface area (Å²) in [5.41, 5.74) is 0. The van der Waals surface area contributed by atoms with Gasteiger partial charge in [-0.25, -0.2) is 12.8 Å². The molecule has 0 amide bonds. The highest BCUT2D eigenvalue weighted by Crippen LogP contribution is 2.31. The van der Waals surface area contributed by atoms with Crippen LogP contribution in [-0.2, 0) is 10.0 Å². The lowest BCUT2D eigenvalue weighted by Gasteiger charge is -2.28. The van der Waals surface area contributed by atoms with Crippen LogP contribution in [0.3, 0.4) is 0 Å². The van der Waals surface area contributed by atoms with Gasteiger partial charge >= 0.3 is 0 Å². The summed E-state index contributed by atoms with van der Waals surface area (Å²) < 4.78 is 41.0. The zero-order valence-electron chi connectivity index (χ0n) is 11.6. The molecule has 2 atom stereocenters. The molecule has 2 unspecified atom stereocenters. The first-order valence-corrected chi connectivity index (χ1v) is 9.44. The van der Waals surface area contributed by atoms with Crippen LogP contribution >= 0.6 is 15.9 Å². The Morgan fingerprint density at radius 3 is 2.76 bits per heavy atom. The minimum absolute atomic E-state index is 0.00999. The zero-order valence-corrected chi connectivity index (χ0v) is 14.0. The van der Waals surface area contributed by atoms with Gasteiger partial charge in [-0.05, 0) is 66.4 Å². The molecule has 7 heteroatoms. The first-order chi connectivity index (χ1) is 10.00. The maximum Gasteiger partial charge on any atom is 0.243 e. The lowest BCUT2D eigenvalue weighted by atomic mass is 10.1. The van der Waals surface area contributed by atoms with Gasteiger partial charge in [0, 0.05) is 18.6 Å². The average molecular weight is 377 g/mol. The van der Waals surface area contributed by atoms with E-state index in [9.17, 15) is 12.8 Å². The number of hydrogen-bond acceptors (Lipinski definition) is 3. The predicted octanol–water partition coefficient (Wildman–Crippen LogP) is 2.49. The van der Waals surface area contributed by atoms with Gasteiger partial charge in [0.2, 0.25) is 10.0 Å². The number of halogens is 2. The van der Waals surface area contributed by atoms with Crippen molar-refractivity contribution in [2.24, 2.45) is 0 Å². The van der Waals surface area contributed by atoms with Crippen LogP contribution in [0.15, 0.2) is 27.6 Å². The Labute approximate surface area is 132 Å². The summed E-state index contributed by atoms with van der Waals surface area (Å²) in [4.78, 5) is 0.0353. The van der Waals surface area contributed by atoms with E-state index in [1.165, 1.54) is 12.1 Å². The molecule has 0 radical (unpaired) electrons. The molecule has 0 saturated carbocycles. The normalized spacial score (nSPS) is 27.3. The van der Waals surface area contributed by atoms with E-state index in [0.717, 1.165) is 38.3 Å². The number of rotatable bonds is 3. The van der Waals surface area contributed by atoms with Crippen molar-refractivity contribution in [1.82, 2.24) is 9.62 Å². The molecule has 2 fully saturated rings. The SMILES string of the molecule is O=S(=O)(c1ccc(Br)c(F)c1)N1CCCC1C1CCCN1. The zero-order chi connectivity index (χ0) is 15.0. The van der Waals surface area contributed by atoms with Crippen LogP contribution in [0.1, 0.15) is 25.7 Å². The quantitative estimate of drug-likeness (QED) is 0.881. The van der Waals surface area contributed by atoms with E-state index >= 15 is 0 Å². The van der Waals surface area contributed by atoms with Gasteiger partial charge in [-0.15, -0.1) is 0 Å². The fourth-order valence-electron chi connectivity index (χ4n) is 3.28. The highest BCUT2D eigenvalue weighted by Gasteiger charge is 2.40. The van der Waals surface area contributed by atoms with E-state index in [-0.39, 0.29) is 21.5 Å². The van der Waals surface area contributed by atoms with Crippen molar-refractivity contribution in [3.63, 3.8) is 0 Å². The molecule has 0 aliphatic carbocycles. The third kappa shape index (κ3) is 2.88. The molecule has 2 saturated heterocycles. The van der Waals surface area contributed by atoms with Crippen molar-refractivity contribution < 1.29 is 12.8 Å². The van der Waals surface area contributed by atoms with Gasteiger partial charge in [-0.1, -0.05) is 0 Å². The molecule has 4 nitrogen and oxygen atoms in total. The lowest BCUT2D eigenvalue weighted by molar-refractivity contribution is 0.322. The topological polar surface area (TPSA) is 49.4 Å². The number of sulfonamides is 1. The Morgan fingerprint density at radius 1 is 1.29 bits per heavy atom. The maximum absolute atomic E-state index is 13.7. The second-order valence-electron chi connectivity index (χ2n) is 5.60. The average Bonchev–Trinajstić information content (AvgIpc) is 3.11. The van der Waals surface area contributed by atoms with Crippen molar-refractivity contribution in [2.75, 3.05) is 13.1 Å². The lowest BCUT2D eigenvalue weighted by Crippen LogP contribution is -2.46. The Balaban J connectivity index is 1.91. The summed E-state index contributed by atoms with van der Waals surface area (Å²) in [6, 6.07) is 4.21. The van der Waals surface area contributed by atoms with Crippen LogP contribution in [0.5, 0.6) is 0 Å². The summed E-state index contributed by atoms with van der Waals surface area (Å²) in [5, 5.41) is 3.38. The Bertz CT molecular complexity index is 632. The van der Waals surface area contributed by atoms with Gasteiger partial charge in [-0.3, -0.25) is 0 Å². The Hall–Kier alpha value is -0.500. The smallest absolute Gasteiger partial charge is 0.243 e. The fourth-order valence-corrected chi connectivity index (χ4v) is 5.27. The van der Waals surface area contributed by atoms with Gasteiger partial charge in [0.05, 0.1) is 9.37 Å². The van der Waals surface area contributed by atoms with E-state index in [0.29, 0.717) is 6.54 Å². The molecule has 2 heterocycles. The van der Waals surface area contributed by atoms with Gasteiger partial charge in [0.1, 0.15) is 5.82 Å². The maximum atomic E-state index is 13.7. The number of benzene rings is 1. The third-order valence-corrected chi connectivity index (χ3v) is 6.87. The van der Waals surface area contributed by atoms with Gasteiger partial charge in [-0.2, -0.15) is 4.31 Å². The molecule has 0 aromatic heterocycles. The first kappa shape index (κ1) is 15.4. The summed E-state index contributed by atoms with van der Waals surface area (Å²) in [7, 11) is -3.63. The number of nitrogens with one attached hydrogen (secondary N) is 1. The molecule has 1 aromatic carbocycles. The van der Waals surface area contributed by atoms with Gasteiger partial charge < -0.3 is 5.32 Å². The minimum Gasteiger partial charge on any atom is -0.312 e. The molecule has 0 bridgehead atoms. The molecule has 116 valence electrons. The molecule has 0 spiro atoms. The molecule has 2 aliphatic rings. The Morgan fingerprint density at radius 2 is 2.10 bits per heavy atom. The van der Waals surface area contributed by atoms with E-state index < -0.39 is 15.8 Å². The summed E-state index contributed by atoms with van der Waals surface area (Å²) >= 11 is 3.05. The first-order valence-electron chi connectivity index (χ1n) is 7.20. The van der Waals surface area contributed by atoms with Crippen LogP contribution in [0.25, 0.3) is 0 Å². The monoisotopic (exact) mass is 376 g/mol. The second kappa shape index (κ2) is 5.95. The molecule has 3 rings (SSSR count). The molecular formula is C14H18BrFN2O2S.